The van der Waals surface area contributed by atoms with Gasteiger partial charge in [0.15, 0.2) is 40.7 Å². The zero-order valence-electron chi connectivity index (χ0n) is 45.5. The minimum absolute atomic E-state index is 0.00969. The van der Waals surface area contributed by atoms with Gasteiger partial charge in [-0.3, -0.25) is 14.3 Å². The maximum Gasteiger partial charge on any atom is 0.249 e. The molecule has 0 unspecified atom stereocenters. The Morgan fingerprint density at radius 3 is 1.15 bits per heavy atom. The summed E-state index contributed by atoms with van der Waals surface area (Å²) in [6, 6.07) is 49.7. The predicted molar refractivity (Wildman–Crippen MR) is 327 cm³/mol. The van der Waals surface area contributed by atoms with E-state index in [-0.39, 0.29) is 5.78 Å². The van der Waals surface area contributed by atoms with Crippen LogP contribution >= 0.6 is 0 Å². The molecule has 0 spiro atoms. The lowest BCUT2D eigenvalue weighted by atomic mass is 9.97. The molecule has 0 aliphatic rings. The van der Waals surface area contributed by atoms with Crippen LogP contribution in [-0.4, -0.2) is 56.3 Å². The van der Waals surface area contributed by atoms with Crippen molar-refractivity contribution in [2.24, 2.45) is 5.73 Å². The Balaban J connectivity index is 0.000000143. The van der Waals surface area contributed by atoms with Crippen LogP contribution in [0.25, 0.3) is 103 Å². The molecule has 6 N–H and O–H groups in total. The minimum Gasteiger partial charge on any atom is -0.366 e. The van der Waals surface area contributed by atoms with Gasteiger partial charge in [0.2, 0.25) is 15.9 Å². The van der Waals surface area contributed by atoms with Gasteiger partial charge < -0.3 is 20.7 Å². The number of imidazole rings is 3. The number of hydrogen-bond donors (Lipinski definition) is 5. The molecule has 0 saturated heterocycles. The van der Waals surface area contributed by atoms with Gasteiger partial charge in [0, 0.05) is 16.7 Å². The summed E-state index contributed by atoms with van der Waals surface area (Å²) in [7, 11) is -3.42. The summed E-state index contributed by atoms with van der Waals surface area (Å²) in [6.45, 7) is 1.55. The average molecular weight is 1180 g/mol. The number of hydrogen-bond acceptors (Lipinski definition) is 7. The summed E-state index contributed by atoms with van der Waals surface area (Å²) in [4.78, 5) is 46.5. The van der Waals surface area contributed by atoms with E-state index in [1.54, 1.807) is 67.6 Å². The Labute approximate surface area is 488 Å². The summed E-state index contributed by atoms with van der Waals surface area (Å²) < 4.78 is 105. The Kier molecular flexibility index (Phi) is 17.1. The van der Waals surface area contributed by atoms with Crippen molar-refractivity contribution < 1.29 is 44.3 Å². The van der Waals surface area contributed by atoms with Crippen molar-refractivity contribution in [2.45, 2.75) is 6.92 Å². The maximum atomic E-state index is 13.3. The topological polar surface area (TPSA) is 192 Å². The molecule has 0 aliphatic heterocycles. The van der Waals surface area contributed by atoms with E-state index in [1.807, 2.05) is 103 Å². The number of anilines is 1. The Bertz CT molecular complexity index is 4590. The number of carbonyl (C=O) groups is 2. The summed E-state index contributed by atoms with van der Waals surface area (Å²) in [6.07, 6.45) is 11.1. The number of ketones is 1. The second-order valence-corrected chi connectivity index (χ2v) is 21.3. The molecule has 0 bridgehead atoms. The van der Waals surface area contributed by atoms with E-state index in [0.717, 1.165) is 109 Å². The van der Waals surface area contributed by atoms with Crippen molar-refractivity contribution in [3.8, 4) is 33.4 Å². The van der Waals surface area contributed by atoms with Crippen LogP contribution in [0.3, 0.4) is 0 Å². The molecule has 1 amide bonds. The van der Waals surface area contributed by atoms with Crippen LogP contribution in [0.4, 0.5) is 32.0 Å². The molecule has 12 rings (SSSR count). The standard InChI is InChI=1S/C23H16F2N2O.C22H17F2N3O2S.C22H15F2N3O/c1-14(28)17-4-2-3-5-18(17)16-8-10-21-22(13-16)27-23(26-21)11-7-15-6-9-19(24)20(25)12-15;1-30(28,29)27-19-5-3-2-4-16(19)15-8-10-20-21(13-15)26-22(25-20)11-7-14-6-9-17(23)18(24)12-14;23-17-8-5-13(11-18(17)24)6-10-21-26-19-9-7-14(12-20(19)27-21)15-3-1-2-4-16(15)22(25)28/h2-13H,1H3,(H,26,27);2-13,27H,1H3,(H,25,26);1-12H,(H2,25,28)(H,26,27)/b2*11-7+;10-6+. The van der Waals surface area contributed by atoms with E-state index >= 15 is 0 Å². The van der Waals surface area contributed by atoms with Gasteiger partial charge in [-0.15, -0.1) is 0 Å². The normalized spacial score (nSPS) is 11.6. The number of carbonyl (C=O) groups excluding carboxylic acids is 2. The number of nitrogens with zero attached hydrogens (tertiary/aromatic N) is 3. The second kappa shape index (κ2) is 25.3. The minimum atomic E-state index is -3.42. The predicted octanol–water partition coefficient (Wildman–Crippen LogP) is 15.7. The van der Waals surface area contributed by atoms with Crippen LogP contribution in [0.1, 0.15) is 61.8 Å². The third-order valence-corrected chi connectivity index (χ3v) is 13.9. The molecule has 86 heavy (non-hydrogen) atoms. The Hall–Kier alpha value is -10.9. The fourth-order valence-electron chi connectivity index (χ4n) is 9.22. The summed E-state index contributed by atoms with van der Waals surface area (Å²) in [5.74, 6) is -4.12. The highest BCUT2D eigenvalue weighted by atomic mass is 32.2. The Morgan fingerprint density at radius 1 is 0.430 bits per heavy atom. The summed E-state index contributed by atoms with van der Waals surface area (Å²) >= 11 is 0. The lowest BCUT2D eigenvalue weighted by Gasteiger charge is -2.10. The van der Waals surface area contributed by atoms with E-state index < -0.39 is 50.8 Å². The molecule has 3 heterocycles. The first-order chi connectivity index (χ1) is 41.3. The number of sulfonamides is 1. The van der Waals surface area contributed by atoms with Gasteiger partial charge in [0.05, 0.1) is 45.0 Å². The van der Waals surface area contributed by atoms with Crippen LogP contribution in [0.2, 0.25) is 0 Å². The SMILES string of the molecule is CC(=O)c1ccccc1-c1ccc2nc(/C=C/c3ccc(F)c(F)c3)[nH]c2c1.CS(=O)(=O)Nc1ccccc1-c1ccc2nc(/C=C/c3ccc(F)c(F)c3)[nH]c2c1.NC(=O)c1ccccc1-c1ccc2nc(/C=C/c3ccc(F)c(F)c3)[nH]c2c1. The molecular formula is C67H48F6N8O4S. The smallest absolute Gasteiger partial charge is 0.249 e. The van der Waals surface area contributed by atoms with E-state index in [4.69, 9.17) is 5.73 Å². The first-order valence-electron chi connectivity index (χ1n) is 26.3. The molecule has 19 heteroatoms. The number of H-pyrrole nitrogens is 3. The molecular weight excluding hydrogens is 1130 g/mol. The van der Waals surface area contributed by atoms with Crippen LogP contribution < -0.4 is 10.5 Å². The number of nitrogens with one attached hydrogen (secondary N) is 4. The van der Waals surface area contributed by atoms with Gasteiger partial charge >= 0.3 is 0 Å². The molecule has 0 atom stereocenters. The van der Waals surface area contributed by atoms with Gasteiger partial charge in [0.1, 0.15) is 17.5 Å². The third-order valence-electron chi connectivity index (χ3n) is 13.3. The average Bonchev–Trinajstić information content (AvgIpc) is 4.48. The van der Waals surface area contributed by atoms with Crippen LogP contribution in [0.15, 0.2) is 182 Å². The molecule has 9 aromatic carbocycles. The molecule has 12 nitrogen and oxygen atoms in total. The van der Waals surface area contributed by atoms with E-state index in [1.165, 1.54) is 18.2 Å². The molecule has 428 valence electrons. The summed E-state index contributed by atoms with van der Waals surface area (Å²) in [5, 5.41) is 0. The van der Waals surface area contributed by atoms with E-state index in [9.17, 15) is 44.3 Å². The molecule has 0 fully saturated rings. The Morgan fingerprint density at radius 2 is 0.779 bits per heavy atom. The van der Waals surface area contributed by atoms with E-state index in [0.29, 0.717) is 51.0 Å². The number of aromatic nitrogens is 6. The fourth-order valence-corrected chi connectivity index (χ4v) is 9.79. The monoisotopic (exact) mass is 1170 g/mol. The number of nitrogens with two attached hydrogens (primary N) is 1. The van der Waals surface area contributed by atoms with Crippen molar-refractivity contribution in [1.29, 1.82) is 0 Å². The molecule has 12 aromatic rings. The zero-order chi connectivity index (χ0) is 60.6. The number of Topliss-reactive ketones (excluding diaryl/α,β-unsaturated/α-hetero) is 1. The van der Waals surface area contributed by atoms with Gasteiger partial charge in [-0.05, 0) is 155 Å². The van der Waals surface area contributed by atoms with Crippen LogP contribution in [-0.2, 0) is 10.0 Å². The first-order valence-corrected chi connectivity index (χ1v) is 28.2. The number of para-hydroxylation sites is 1. The maximum absolute atomic E-state index is 13.3. The quantitative estimate of drug-likeness (QED) is 0.0560. The molecule has 0 aliphatic carbocycles. The lowest BCUT2D eigenvalue weighted by molar-refractivity contribution is 0.0996. The van der Waals surface area contributed by atoms with Crippen molar-refractivity contribution in [1.82, 2.24) is 29.9 Å². The van der Waals surface area contributed by atoms with Crippen LogP contribution in [0, 0.1) is 34.9 Å². The fraction of sp³-hybridized carbons (Fsp3) is 0.0299. The number of aromatic amines is 3. The highest BCUT2D eigenvalue weighted by molar-refractivity contribution is 7.92. The van der Waals surface area contributed by atoms with Crippen molar-refractivity contribution in [2.75, 3.05) is 11.0 Å². The number of amides is 1. The number of primary amides is 1. The second-order valence-electron chi connectivity index (χ2n) is 19.5. The van der Waals surface area contributed by atoms with Crippen molar-refractivity contribution in [3.05, 3.63) is 262 Å². The van der Waals surface area contributed by atoms with Crippen molar-refractivity contribution in [3.63, 3.8) is 0 Å². The van der Waals surface area contributed by atoms with Gasteiger partial charge in [0.25, 0.3) is 0 Å². The van der Waals surface area contributed by atoms with Gasteiger partial charge in [-0.1, -0.05) is 115 Å². The zero-order valence-corrected chi connectivity index (χ0v) is 46.3. The molecule has 0 saturated carbocycles. The highest BCUT2D eigenvalue weighted by Crippen LogP contribution is 2.32. The van der Waals surface area contributed by atoms with Crippen LogP contribution in [0.5, 0.6) is 0 Å². The summed E-state index contributed by atoms with van der Waals surface area (Å²) in [5.41, 5.74) is 18.1. The first kappa shape index (κ1) is 58.3. The lowest BCUT2D eigenvalue weighted by Crippen LogP contribution is -2.12. The van der Waals surface area contributed by atoms with Gasteiger partial charge in [-0.25, -0.2) is 49.7 Å². The third kappa shape index (κ3) is 14.1. The van der Waals surface area contributed by atoms with E-state index in [2.05, 4.69) is 34.6 Å². The number of halogens is 6. The van der Waals surface area contributed by atoms with Gasteiger partial charge in [-0.2, -0.15) is 0 Å². The molecule has 3 aromatic heterocycles. The number of fused-ring (bicyclic) bond motifs is 3. The number of rotatable bonds is 13. The van der Waals surface area contributed by atoms with Crippen molar-refractivity contribution >= 4 is 97.0 Å². The number of benzene rings is 9. The largest absolute Gasteiger partial charge is 0.366 e. The molecule has 0 radical (unpaired) electrons. The highest BCUT2D eigenvalue weighted by Gasteiger charge is 2.15.